The first-order valence-corrected chi connectivity index (χ1v) is 14.8. The molecule has 8 nitrogen and oxygen atoms in total. The molecule has 0 fully saturated rings. The summed E-state index contributed by atoms with van der Waals surface area (Å²) in [5.41, 5.74) is 7.94. The fourth-order valence-electron chi connectivity index (χ4n) is 7.46. The smallest absolute Gasteiger partial charge is 0.393 e. The topological polar surface area (TPSA) is 88.6 Å². The zero-order valence-electron chi connectivity index (χ0n) is 25.4. The van der Waals surface area contributed by atoms with Crippen LogP contribution in [0.25, 0.3) is 33.8 Å². The van der Waals surface area contributed by atoms with Gasteiger partial charge in [0.15, 0.2) is 17.2 Å². The first-order valence-electron chi connectivity index (χ1n) is 14.8. The van der Waals surface area contributed by atoms with Gasteiger partial charge in [0.2, 0.25) is 0 Å². The number of aromatic nitrogens is 5. The van der Waals surface area contributed by atoms with Gasteiger partial charge in [-0.2, -0.15) is 4.98 Å². The van der Waals surface area contributed by atoms with Gasteiger partial charge >= 0.3 is 12.7 Å². The molecule has 1 aromatic heterocycles. The molecule has 0 aliphatic carbocycles. The van der Waals surface area contributed by atoms with Gasteiger partial charge in [-0.3, -0.25) is 14.3 Å². The number of para-hydroxylation sites is 2. The van der Waals surface area contributed by atoms with Crippen LogP contribution in [0.5, 0.6) is 0 Å². The standard InChI is InChI=1S/C33H31BF2N6O2/c1-7-23-17(3)29-27(30-18(4)24(8-2)20(6)42(30)34(35,36)41(29)19(23)5)21-13-15-22(16-14-21)40-26-12-10-9-11-25(26)37-28-31(40)38-33(44)39-32(28)43/h9-16H,7-8H2,1-6H3,(H,39,43,44). The second-order valence-corrected chi connectivity index (χ2v) is 11.5. The number of nitrogens with one attached hydrogen (secondary N) is 1. The van der Waals surface area contributed by atoms with E-state index in [9.17, 15) is 9.59 Å². The van der Waals surface area contributed by atoms with Crippen LogP contribution in [0.4, 0.5) is 8.63 Å². The van der Waals surface area contributed by atoms with E-state index in [0.29, 0.717) is 52.4 Å². The van der Waals surface area contributed by atoms with Crippen LogP contribution in [0.3, 0.4) is 0 Å². The fraction of sp³-hybridized carbons (Fsp3) is 0.242. The molecule has 2 aromatic carbocycles. The number of hydrogen-bond donors (Lipinski definition) is 1. The van der Waals surface area contributed by atoms with Crippen molar-refractivity contribution in [3.8, 4) is 17.2 Å². The van der Waals surface area contributed by atoms with Crippen LogP contribution in [0.15, 0.2) is 75.0 Å². The number of nitrogens with zero attached hydrogens (tertiary/aromatic N) is 5. The lowest BCUT2D eigenvalue weighted by Gasteiger charge is -2.34. The third kappa shape index (κ3) is 3.58. The minimum absolute atomic E-state index is 0.0468. The minimum atomic E-state index is -4.12. The maximum Gasteiger partial charge on any atom is 0.737 e. The Labute approximate surface area is 252 Å². The van der Waals surface area contributed by atoms with Gasteiger partial charge < -0.3 is 17.6 Å². The summed E-state index contributed by atoms with van der Waals surface area (Å²) in [5.74, 6) is 0.138. The van der Waals surface area contributed by atoms with Gasteiger partial charge in [-0.15, -0.1) is 0 Å². The number of hydrogen-bond acceptors (Lipinski definition) is 4. The third-order valence-corrected chi connectivity index (χ3v) is 9.33. The highest BCUT2D eigenvalue weighted by Crippen LogP contribution is 2.47. The monoisotopic (exact) mass is 592 g/mol. The van der Waals surface area contributed by atoms with Crippen LogP contribution in [0, 0.1) is 13.8 Å². The molecule has 0 atom stereocenters. The Kier molecular flexibility index (Phi) is 6.04. The number of rotatable bonds is 4. The van der Waals surface area contributed by atoms with Crippen molar-refractivity contribution < 1.29 is 13.1 Å². The van der Waals surface area contributed by atoms with Gasteiger partial charge in [0.05, 0.1) is 16.6 Å². The molecule has 0 spiro atoms. The van der Waals surface area contributed by atoms with Crippen LogP contribution in [0.2, 0.25) is 0 Å². The summed E-state index contributed by atoms with van der Waals surface area (Å²) in [7, 11) is 0. The predicted octanol–water partition coefficient (Wildman–Crippen LogP) is 5.76. The SMILES string of the molecule is CCC1=C(C)C2=C(c3ccc(-n4c5nc(=O)[nH]c(=O)c-5nc5ccccc54)cc3)c3c(C)c(CC)c(C)n3[B-](F)(F)[N+]2=C1C. The molecule has 5 heterocycles. The van der Waals surface area contributed by atoms with Gasteiger partial charge in [0.25, 0.3) is 5.56 Å². The number of aromatic amines is 1. The Morgan fingerprint density at radius 2 is 1.64 bits per heavy atom. The summed E-state index contributed by atoms with van der Waals surface area (Å²) in [6, 6.07) is 14.9. The zero-order valence-corrected chi connectivity index (χ0v) is 25.4. The van der Waals surface area contributed by atoms with E-state index >= 15 is 8.63 Å². The number of H-pyrrole nitrogens is 1. The molecule has 7 rings (SSSR count). The molecule has 4 aliphatic rings. The van der Waals surface area contributed by atoms with Crippen molar-refractivity contribution in [2.45, 2.75) is 54.4 Å². The molecule has 0 bridgehead atoms. The second kappa shape index (κ2) is 9.54. The molecule has 44 heavy (non-hydrogen) atoms. The lowest BCUT2D eigenvalue weighted by atomic mass is 9.83. The molecule has 0 radical (unpaired) electrons. The Morgan fingerprint density at radius 1 is 0.932 bits per heavy atom. The van der Waals surface area contributed by atoms with Gasteiger partial charge in [0.1, 0.15) is 5.71 Å². The highest BCUT2D eigenvalue weighted by atomic mass is 19.2. The highest BCUT2D eigenvalue weighted by molar-refractivity contribution is 6.58. The van der Waals surface area contributed by atoms with Crippen molar-refractivity contribution in [2.75, 3.05) is 0 Å². The zero-order chi connectivity index (χ0) is 31.2. The van der Waals surface area contributed by atoms with E-state index in [4.69, 9.17) is 0 Å². The largest absolute Gasteiger partial charge is 0.737 e. The number of allylic oxidation sites excluding steroid dienone is 2. The van der Waals surface area contributed by atoms with Crippen molar-refractivity contribution in [1.82, 2.24) is 24.0 Å². The fourth-order valence-corrected chi connectivity index (χ4v) is 7.46. The average molecular weight is 592 g/mol. The van der Waals surface area contributed by atoms with Crippen LogP contribution in [-0.4, -0.2) is 41.2 Å². The Hall–Kier alpha value is -4.93. The molecular weight excluding hydrogens is 561 g/mol. The third-order valence-electron chi connectivity index (χ3n) is 9.33. The van der Waals surface area contributed by atoms with E-state index in [-0.39, 0.29) is 11.5 Å². The Morgan fingerprint density at radius 3 is 2.32 bits per heavy atom. The first-order chi connectivity index (χ1) is 21.0. The van der Waals surface area contributed by atoms with Gasteiger partial charge in [0, 0.05) is 29.5 Å². The molecule has 0 saturated carbocycles. The quantitative estimate of drug-likeness (QED) is 0.212. The predicted molar refractivity (Wildman–Crippen MR) is 169 cm³/mol. The van der Waals surface area contributed by atoms with Crippen LogP contribution in [0.1, 0.15) is 62.2 Å². The average Bonchev–Trinajstić information content (AvgIpc) is 3.41. The van der Waals surface area contributed by atoms with E-state index in [1.165, 1.54) is 8.96 Å². The van der Waals surface area contributed by atoms with E-state index in [1.807, 2.05) is 70.2 Å². The van der Waals surface area contributed by atoms with Crippen molar-refractivity contribution in [2.24, 2.45) is 0 Å². The first kappa shape index (κ1) is 27.9. The van der Waals surface area contributed by atoms with E-state index in [2.05, 4.69) is 15.0 Å². The minimum Gasteiger partial charge on any atom is -0.393 e. The number of benzene rings is 2. The second-order valence-electron chi connectivity index (χ2n) is 11.5. The summed E-state index contributed by atoms with van der Waals surface area (Å²) in [6.45, 7) is 7.34. The van der Waals surface area contributed by atoms with Gasteiger partial charge in [-0.05, 0) is 80.3 Å². The van der Waals surface area contributed by atoms with Crippen LogP contribution >= 0.6 is 0 Å². The Balaban J connectivity index is 1.52. The molecule has 0 saturated heterocycles. The maximum atomic E-state index is 16.6. The van der Waals surface area contributed by atoms with E-state index in [0.717, 1.165) is 33.4 Å². The lowest BCUT2D eigenvalue weighted by Crippen LogP contribution is -2.51. The lowest BCUT2D eigenvalue weighted by molar-refractivity contribution is -0.363. The molecule has 222 valence electrons. The Bertz CT molecular complexity index is 2250. The number of fused-ring (bicyclic) bond motifs is 4. The molecule has 0 unspecified atom stereocenters. The van der Waals surface area contributed by atoms with Crippen molar-refractivity contribution in [1.29, 1.82) is 0 Å². The molecule has 4 aliphatic heterocycles. The van der Waals surface area contributed by atoms with Gasteiger partial charge in [-0.1, -0.05) is 38.1 Å². The molecular formula is C33H31BF2N6O2. The molecule has 3 aromatic rings. The van der Waals surface area contributed by atoms with Crippen LogP contribution in [-0.2, 0) is 6.42 Å². The molecule has 0 amide bonds. The number of halogens is 2. The van der Waals surface area contributed by atoms with E-state index < -0.39 is 18.2 Å². The summed E-state index contributed by atoms with van der Waals surface area (Å²) in [6.07, 6.45) is 1.30. The van der Waals surface area contributed by atoms with Crippen molar-refractivity contribution >= 4 is 29.3 Å². The summed E-state index contributed by atoms with van der Waals surface area (Å²) in [5, 5.41) is 0. The normalized spacial score (nSPS) is 16.0. The summed E-state index contributed by atoms with van der Waals surface area (Å²) in [4.78, 5) is 35.8. The van der Waals surface area contributed by atoms with Crippen LogP contribution < -0.4 is 11.2 Å². The highest BCUT2D eigenvalue weighted by Gasteiger charge is 2.56. The molecule has 11 heteroatoms. The van der Waals surface area contributed by atoms with E-state index in [1.54, 1.807) is 24.5 Å². The molecule has 1 N–H and O–H groups in total. The summed E-state index contributed by atoms with van der Waals surface area (Å²) >= 11 is 0. The van der Waals surface area contributed by atoms with Crippen molar-refractivity contribution in [3.05, 3.63) is 114 Å². The van der Waals surface area contributed by atoms with Crippen molar-refractivity contribution in [3.63, 3.8) is 0 Å². The summed E-state index contributed by atoms with van der Waals surface area (Å²) < 4.78 is 37.5. The maximum absolute atomic E-state index is 16.6. The van der Waals surface area contributed by atoms with Gasteiger partial charge in [-0.25, -0.2) is 9.78 Å².